The Hall–Kier alpha value is -2.83. The van der Waals surface area contributed by atoms with Crippen LogP contribution in [0.4, 0.5) is 0 Å². The molecule has 1 saturated heterocycles. The van der Waals surface area contributed by atoms with Gasteiger partial charge in [0.1, 0.15) is 24.4 Å². The molecule has 178 valence electrons. The van der Waals surface area contributed by atoms with Crippen molar-refractivity contribution in [2.24, 2.45) is 0 Å². The summed E-state index contributed by atoms with van der Waals surface area (Å²) in [5, 5.41) is 15.7. The minimum atomic E-state index is -3.96. The van der Waals surface area contributed by atoms with Gasteiger partial charge in [0, 0.05) is 24.8 Å². The molecule has 0 saturated carbocycles. The zero-order chi connectivity index (χ0) is 24.0. The number of hydrogen-bond donors (Lipinski definition) is 3. The number of amides is 2. The van der Waals surface area contributed by atoms with Crippen molar-refractivity contribution in [3.8, 4) is 0 Å². The van der Waals surface area contributed by atoms with E-state index in [2.05, 4.69) is 10.6 Å². The normalized spacial score (nSPS) is 23.6. The maximum absolute atomic E-state index is 12.6. The lowest BCUT2D eigenvalue weighted by molar-refractivity contribution is -0.127. The van der Waals surface area contributed by atoms with Crippen LogP contribution in [0.15, 0.2) is 60.7 Å². The van der Waals surface area contributed by atoms with Gasteiger partial charge >= 0.3 is 0 Å². The number of nitrogens with one attached hydrogen (secondary N) is 2. The van der Waals surface area contributed by atoms with Crippen LogP contribution in [0.3, 0.4) is 0 Å². The molecule has 1 heterocycles. The van der Waals surface area contributed by atoms with Gasteiger partial charge in [-0.1, -0.05) is 36.4 Å². The average molecular weight is 479 g/mol. The molecule has 11 heteroatoms. The lowest BCUT2D eigenvalue weighted by Crippen LogP contribution is -2.52. The minimum Gasteiger partial charge on any atom is -0.376 e. The maximum atomic E-state index is 12.6. The summed E-state index contributed by atoms with van der Waals surface area (Å²) >= 11 is 0. The first-order chi connectivity index (χ1) is 15.7. The number of aliphatic hydroxyl groups excluding tert-OH is 1. The van der Waals surface area contributed by atoms with Crippen molar-refractivity contribution in [3.05, 3.63) is 71.8 Å². The molecule has 0 spiro atoms. The van der Waals surface area contributed by atoms with Crippen LogP contribution in [-0.2, 0) is 23.8 Å². The number of benzene rings is 2. The number of carbonyl (C=O) groups is 2. The fourth-order valence-corrected chi connectivity index (χ4v) is 4.19. The van der Waals surface area contributed by atoms with Crippen LogP contribution in [0, 0.1) is 0 Å². The minimum absolute atomic E-state index is 0.253. The Morgan fingerprint density at radius 3 is 2.09 bits per heavy atom. The Kier molecular flexibility index (Phi) is 8.16. The highest BCUT2D eigenvalue weighted by Crippen LogP contribution is 2.27. The van der Waals surface area contributed by atoms with E-state index in [1.165, 1.54) is 7.11 Å². The van der Waals surface area contributed by atoms with E-state index in [0.29, 0.717) is 11.1 Å². The Labute approximate surface area is 192 Å². The van der Waals surface area contributed by atoms with Gasteiger partial charge in [-0.2, -0.15) is 8.42 Å². The average Bonchev–Trinajstić information content (AvgIpc) is 3.11. The van der Waals surface area contributed by atoms with E-state index in [-0.39, 0.29) is 6.54 Å². The third-order valence-corrected chi connectivity index (χ3v) is 5.65. The smallest absolute Gasteiger partial charge is 0.264 e. The van der Waals surface area contributed by atoms with Gasteiger partial charge in [0.05, 0.1) is 6.26 Å². The molecule has 5 atom stereocenters. The van der Waals surface area contributed by atoms with Gasteiger partial charge in [0.15, 0.2) is 6.29 Å². The maximum Gasteiger partial charge on any atom is 0.264 e. The topological polar surface area (TPSA) is 140 Å². The Bertz CT molecular complexity index is 1050. The molecule has 4 unspecified atom stereocenters. The van der Waals surface area contributed by atoms with Gasteiger partial charge in [0.25, 0.3) is 21.9 Å². The van der Waals surface area contributed by atoms with Crippen LogP contribution >= 0.6 is 0 Å². The summed E-state index contributed by atoms with van der Waals surface area (Å²) in [5.41, 5.74) is 0.737. The first kappa shape index (κ1) is 24.8. The van der Waals surface area contributed by atoms with Crippen molar-refractivity contribution in [1.29, 1.82) is 0 Å². The van der Waals surface area contributed by atoms with Crippen LogP contribution in [-0.4, -0.2) is 75.9 Å². The van der Waals surface area contributed by atoms with Crippen LogP contribution < -0.4 is 10.6 Å². The molecule has 33 heavy (non-hydrogen) atoms. The molecule has 3 N–H and O–H groups in total. The van der Waals surface area contributed by atoms with E-state index in [4.69, 9.17) is 13.7 Å². The molecule has 1 fully saturated rings. The first-order valence-corrected chi connectivity index (χ1v) is 11.9. The summed E-state index contributed by atoms with van der Waals surface area (Å²) < 4.78 is 39.9. The van der Waals surface area contributed by atoms with Gasteiger partial charge < -0.3 is 25.2 Å². The molecule has 10 nitrogen and oxygen atoms in total. The van der Waals surface area contributed by atoms with E-state index in [1.54, 1.807) is 60.7 Å². The Balaban J connectivity index is 1.76. The van der Waals surface area contributed by atoms with Gasteiger partial charge in [-0.3, -0.25) is 13.8 Å². The van der Waals surface area contributed by atoms with Crippen LogP contribution in [0.2, 0.25) is 0 Å². The molecule has 2 amide bonds. The highest BCUT2D eigenvalue weighted by Gasteiger charge is 2.49. The SMILES string of the molecule is COC1C(NC(=O)c2ccccc2)C(O)OC1[C@H](CNC(=O)c1ccccc1)OS(C)(=O)=O. The van der Waals surface area contributed by atoms with E-state index in [1.807, 2.05) is 0 Å². The van der Waals surface area contributed by atoms with Crippen molar-refractivity contribution >= 4 is 21.9 Å². The van der Waals surface area contributed by atoms with E-state index in [0.717, 1.165) is 6.26 Å². The number of carbonyl (C=O) groups excluding carboxylic acids is 2. The summed E-state index contributed by atoms with van der Waals surface area (Å²) in [6.45, 7) is -0.253. The fourth-order valence-electron chi connectivity index (χ4n) is 3.56. The summed E-state index contributed by atoms with van der Waals surface area (Å²) in [6, 6.07) is 15.7. The molecule has 1 aliphatic rings. The van der Waals surface area contributed by atoms with Gasteiger partial charge in [-0.25, -0.2) is 0 Å². The van der Waals surface area contributed by atoms with Gasteiger partial charge in [-0.05, 0) is 24.3 Å². The zero-order valence-corrected chi connectivity index (χ0v) is 18.9. The standard InChI is InChI=1S/C22H26N2O8S/c1-30-19-17(24-21(26)15-11-7-4-8-12-15)22(27)31-18(19)16(32-33(2,28)29)13-23-20(25)14-9-5-3-6-10-14/h3-12,16-19,22,27H,13H2,1-2H3,(H,23,25)(H,24,26)/t16-,17?,18?,19?,22?/m0/s1. The number of ether oxygens (including phenoxy) is 2. The van der Waals surface area contributed by atoms with E-state index < -0.39 is 52.6 Å². The summed E-state index contributed by atoms with van der Waals surface area (Å²) in [7, 11) is -2.63. The highest BCUT2D eigenvalue weighted by molar-refractivity contribution is 7.86. The van der Waals surface area contributed by atoms with Crippen molar-refractivity contribution in [1.82, 2.24) is 10.6 Å². The highest BCUT2D eigenvalue weighted by atomic mass is 32.2. The number of rotatable bonds is 9. The molecule has 1 aliphatic heterocycles. The lowest BCUT2D eigenvalue weighted by Gasteiger charge is -2.27. The number of methoxy groups -OCH3 is 1. The van der Waals surface area contributed by atoms with Gasteiger partial charge in [0.2, 0.25) is 0 Å². The van der Waals surface area contributed by atoms with Crippen molar-refractivity contribution in [2.45, 2.75) is 30.6 Å². The molecule has 0 bridgehead atoms. The molecule has 0 radical (unpaired) electrons. The second-order valence-corrected chi connectivity index (χ2v) is 9.07. The summed E-state index contributed by atoms with van der Waals surface area (Å²) in [6.07, 6.45) is -3.94. The molecule has 3 rings (SSSR count). The van der Waals surface area contributed by atoms with E-state index >= 15 is 0 Å². The van der Waals surface area contributed by atoms with Crippen molar-refractivity contribution in [3.63, 3.8) is 0 Å². The van der Waals surface area contributed by atoms with E-state index in [9.17, 15) is 23.1 Å². The monoisotopic (exact) mass is 478 g/mol. The molecule has 2 aromatic rings. The molecule has 0 aromatic heterocycles. The van der Waals surface area contributed by atoms with Crippen LogP contribution in [0.5, 0.6) is 0 Å². The van der Waals surface area contributed by atoms with Crippen LogP contribution in [0.1, 0.15) is 20.7 Å². The fraction of sp³-hybridized carbons (Fsp3) is 0.364. The molecular formula is C22H26N2O8S. The lowest BCUT2D eigenvalue weighted by atomic mass is 10.0. The molecule has 2 aromatic carbocycles. The number of aliphatic hydroxyl groups is 1. The van der Waals surface area contributed by atoms with Gasteiger partial charge in [-0.15, -0.1) is 0 Å². The molecular weight excluding hydrogens is 452 g/mol. The van der Waals surface area contributed by atoms with Crippen LogP contribution in [0.25, 0.3) is 0 Å². The largest absolute Gasteiger partial charge is 0.376 e. The second-order valence-electron chi connectivity index (χ2n) is 7.47. The molecule has 0 aliphatic carbocycles. The summed E-state index contributed by atoms with van der Waals surface area (Å²) in [4.78, 5) is 25.0. The zero-order valence-electron chi connectivity index (χ0n) is 18.1. The number of hydrogen-bond acceptors (Lipinski definition) is 8. The van der Waals surface area contributed by atoms with Crippen molar-refractivity contribution in [2.75, 3.05) is 19.9 Å². The quantitative estimate of drug-likeness (QED) is 0.437. The predicted octanol–water partition coefficient (Wildman–Crippen LogP) is 0.292. The Morgan fingerprint density at radius 2 is 1.58 bits per heavy atom. The Morgan fingerprint density at radius 1 is 1.03 bits per heavy atom. The van der Waals surface area contributed by atoms with Crippen molar-refractivity contribution < 1.29 is 36.8 Å². The predicted molar refractivity (Wildman–Crippen MR) is 118 cm³/mol. The first-order valence-electron chi connectivity index (χ1n) is 10.1. The third-order valence-electron chi connectivity index (χ3n) is 5.05. The third kappa shape index (κ3) is 6.59. The summed E-state index contributed by atoms with van der Waals surface area (Å²) in [5.74, 6) is -0.914. The second kappa shape index (κ2) is 10.9.